The van der Waals surface area contributed by atoms with Crippen LogP contribution in [-0.2, 0) is 24.3 Å². The van der Waals surface area contributed by atoms with Gasteiger partial charge >= 0.3 is 5.69 Å². The van der Waals surface area contributed by atoms with Gasteiger partial charge in [-0.05, 0) is 44.0 Å². The minimum atomic E-state index is -0.0685. The van der Waals surface area contributed by atoms with Crippen molar-refractivity contribution in [3.8, 4) is 5.75 Å². The van der Waals surface area contributed by atoms with Crippen molar-refractivity contribution in [1.82, 2.24) is 14.5 Å². The molecule has 0 bridgehead atoms. The maximum absolute atomic E-state index is 12.6. The first-order chi connectivity index (χ1) is 13.5. The number of nitrogens with one attached hydrogen (secondary N) is 1. The minimum Gasteiger partial charge on any atom is -0.496 e. The summed E-state index contributed by atoms with van der Waals surface area (Å²) >= 11 is 0. The zero-order valence-corrected chi connectivity index (χ0v) is 16.7. The summed E-state index contributed by atoms with van der Waals surface area (Å²) in [5.41, 5.74) is 3.94. The van der Waals surface area contributed by atoms with E-state index in [4.69, 9.17) is 4.74 Å². The Hall–Kier alpha value is -3.02. The topological polar surface area (TPSA) is 65.3 Å². The SMILES string of the molecule is CCn1c(=O)n(CCC(=O)NCCc2cc(C)ccc2OC)c2ccccc21. The lowest BCUT2D eigenvalue weighted by Gasteiger charge is -2.10. The molecule has 0 aliphatic carbocycles. The number of hydrogen-bond donors (Lipinski definition) is 1. The molecule has 1 aromatic heterocycles. The van der Waals surface area contributed by atoms with E-state index in [2.05, 4.69) is 11.4 Å². The van der Waals surface area contributed by atoms with Gasteiger partial charge in [0.25, 0.3) is 0 Å². The van der Waals surface area contributed by atoms with Crippen LogP contribution in [0.5, 0.6) is 5.75 Å². The molecule has 0 spiro atoms. The largest absolute Gasteiger partial charge is 0.496 e. The zero-order chi connectivity index (χ0) is 20.1. The number of hydrogen-bond acceptors (Lipinski definition) is 3. The molecule has 148 valence electrons. The van der Waals surface area contributed by atoms with Crippen LogP contribution in [0.2, 0.25) is 0 Å². The maximum atomic E-state index is 12.6. The summed E-state index contributed by atoms with van der Waals surface area (Å²) in [6.07, 6.45) is 0.967. The van der Waals surface area contributed by atoms with Crippen LogP contribution >= 0.6 is 0 Å². The Labute approximate surface area is 164 Å². The fourth-order valence-corrected chi connectivity index (χ4v) is 3.54. The number of ether oxygens (including phenoxy) is 1. The number of carbonyl (C=O) groups is 1. The number of rotatable bonds is 8. The van der Waals surface area contributed by atoms with Crippen LogP contribution in [0, 0.1) is 6.92 Å². The average Bonchev–Trinajstić information content (AvgIpc) is 2.97. The molecule has 3 aromatic rings. The van der Waals surface area contributed by atoms with Crippen LogP contribution in [0.3, 0.4) is 0 Å². The molecule has 2 aromatic carbocycles. The number of methoxy groups -OCH3 is 1. The van der Waals surface area contributed by atoms with E-state index in [0.717, 1.165) is 27.9 Å². The summed E-state index contributed by atoms with van der Waals surface area (Å²) in [6.45, 7) is 5.49. The number of imidazole rings is 1. The number of aromatic nitrogens is 2. The number of benzene rings is 2. The summed E-state index contributed by atoms with van der Waals surface area (Å²) in [4.78, 5) is 24.9. The zero-order valence-electron chi connectivity index (χ0n) is 16.7. The molecule has 0 fully saturated rings. The molecule has 1 amide bonds. The van der Waals surface area contributed by atoms with Crippen molar-refractivity contribution in [2.75, 3.05) is 13.7 Å². The molecule has 28 heavy (non-hydrogen) atoms. The van der Waals surface area contributed by atoms with E-state index in [1.54, 1.807) is 16.2 Å². The molecular formula is C22H27N3O3. The van der Waals surface area contributed by atoms with E-state index in [1.807, 2.05) is 50.2 Å². The van der Waals surface area contributed by atoms with Crippen molar-refractivity contribution >= 4 is 16.9 Å². The fraction of sp³-hybridized carbons (Fsp3) is 0.364. The van der Waals surface area contributed by atoms with Crippen LogP contribution < -0.4 is 15.7 Å². The highest BCUT2D eigenvalue weighted by molar-refractivity contribution is 5.78. The summed E-state index contributed by atoms with van der Waals surface area (Å²) in [6, 6.07) is 13.7. The molecule has 0 saturated heterocycles. The first kappa shape index (κ1) is 19.7. The molecule has 0 aliphatic rings. The number of para-hydroxylation sites is 2. The molecule has 1 heterocycles. The second-order valence-corrected chi connectivity index (χ2v) is 6.83. The van der Waals surface area contributed by atoms with E-state index in [0.29, 0.717) is 26.1 Å². The van der Waals surface area contributed by atoms with Gasteiger partial charge in [-0.15, -0.1) is 0 Å². The number of fused-ring (bicyclic) bond motifs is 1. The van der Waals surface area contributed by atoms with Crippen LogP contribution in [0.4, 0.5) is 0 Å². The fourth-order valence-electron chi connectivity index (χ4n) is 3.54. The lowest BCUT2D eigenvalue weighted by Crippen LogP contribution is -2.29. The highest BCUT2D eigenvalue weighted by Gasteiger charge is 2.12. The van der Waals surface area contributed by atoms with Crippen molar-refractivity contribution in [3.05, 3.63) is 64.1 Å². The second kappa shape index (κ2) is 8.78. The third-order valence-electron chi connectivity index (χ3n) is 4.96. The molecule has 0 atom stereocenters. The van der Waals surface area contributed by atoms with Gasteiger partial charge < -0.3 is 10.1 Å². The molecule has 0 aliphatic heterocycles. The summed E-state index contributed by atoms with van der Waals surface area (Å²) in [5, 5.41) is 2.94. The summed E-state index contributed by atoms with van der Waals surface area (Å²) in [5.74, 6) is 0.769. The van der Waals surface area contributed by atoms with E-state index >= 15 is 0 Å². The van der Waals surface area contributed by atoms with E-state index in [-0.39, 0.29) is 18.0 Å². The minimum absolute atomic E-state index is 0.0631. The standard InChI is InChI=1S/C22H27N3O3/c1-4-24-18-7-5-6-8-19(18)25(22(24)27)14-12-21(26)23-13-11-17-15-16(2)9-10-20(17)28-3/h5-10,15H,4,11-14H2,1-3H3,(H,23,26). The third kappa shape index (κ3) is 4.11. The number of aryl methyl sites for hydroxylation is 3. The van der Waals surface area contributed by atoms with E-state index in [9.17, 15) is 9.59 Å². The monoisotopic (exact) mass is 381 g/mol. The average molecular weight is 381 g/mol. The first-order valence-electron chi connectivity index (χ1n) is 9.63. The first-order valence-corrected chi connectivity index (χ1v) is 9.63. The van der Waals surface area contributed by atoms with Crippen molar-refractivity contribution in [2.45, 2.75) is 39.8 Å². The van der Waals surface area contributed by atoms with Gasteiger partial charge in [0.15, 0.2) is 0 Å². The van der Waals surface area contributed by atoms with Gasteiger partial charge in [0.1, 0.15) is 5.75 Å². The Kier molecular flexibility index (Phi) is 6.19. The van der Waals surface area contributed by atoms with Crippen molar-refractivity contribution in [2.24, 2.45) is 0 Å². The Morgan fingerprint density at radius 2 is 1.82 bits per heavy atom. The number of nitrogens with zero attached hydrogens (tertiary/aromatic N) is 2. The van der Waals surface area contributed by atoms with Gasteiger partial charge in [-0.25, -0.2) is 4.79 Å². The molecule has 6 heteroatoms. The lowest BCUT2D eigenvalue weighted by atomic mass is 10.1. The molecule has 1 N–H and O–H groups in total. The summed E-state index contributed by atoms with van der Waals surface area (Å²) in [7, 11) is 1.65. The van der Waals surface area contributed by atoms with Crippen LogP contribution in [-0.4, -0.2) is 28.7 Å². The highest BCUT2D eigenvalue weighted by atomic mass is 16.5. The van der Waals surface area contributed by atoms with Gasteiger partial charge in [-0.1, -0.05) is 29.8 Å². The lowest BCUT2D eigenvalue weighted by molar-refractivity contribution is -0.121. The second-order valence-electron chi connectivity index (χ2n) is 6.83. The molecule has 0 radical (unpaired) electrons. The normalized spacial score (nSPS) is 11.0. The Bertz CT molecular complexity index is 1030. The Morgan fingerprint density at radius 1 is 1.11 bits per heavy atom. The van der Waals surface area contributed by atoms with Gasteiger partial charge in [0.2, 0.25) is 5.91 Å². The van der Waals surface area contributed by atoms with Gasteiger partial charge in [-0.2, -0.15) is 0 Å². The van der Waals surface area contributed by atoms with Crippen molar-refractivity contribution in [1.29, 1.82) is 0 Å². The van der Waals surface area contributed by atoms with Crippen LogP contribution in [0.25, 0.3) is 11.0 Å². The van der Waals surface area contributed by atoms with Gasteiger partial charge in [0, 0.05) is 26.1 Å². The van der Waals surface area contributed by atoms with Crippen molar-refractivity contribution < 1.29 is 9.53 Å². The quantitative estimate of drug-likeness (QED) is 0.652. The molecule has 6 nitrogen and oxygen atoms in total. The Morgan fingerprint density at radius 3 is 2.50 bits per heavy atom. The predicted octanol–water partition coefficient (Wildman–Crippen LogP) is 2.89. The maximum Gasteiger partial charge on any atom is 0.329 e. The van der Waals surface area contributed by atoms with Gasteiger partial charge in [0.05, 0.1) is 18.1 Å². The van der Waals surface area contributed by atoms with Crippen LogP contribution in [0.1, 0.15) is 24.5 Å². The highest BCUT2D eigenvalue weighted by Crippen LogP contribution is 2.19. The number of carbonyl (C=O) groups excluding carboxylic acids is 1. The molecule has 0 unspecified atom stereocenters. The Balaban J connectivity index is 1.60. The summed E-state index contributed by atoms with van der Waals surface area (Å²) < 4.78 is 8.79. The van der Waals surface area contributed by atoms with Gasteiger partial charge in [-0.3, -0.25) is 13.9 Å². The number of amides is 1. The van der Waals surface area contributed by atoms with Crippen LogP contribution in [0.15, 0.2) is 47.3 Å². The van der Waals surface area contributed by atoms with E-state index in [1.165, 1.54) is 0 Å². The smallest absolute Gasteiger partial charge is 0.329 e. The molecule has 0 saturated carbocycles. The molecular weight excluding hydrogens is 354 g/mol. The van der Waals surface area contributed by atoms with Crippen molar-refractivity contribution in [3.63, 3.8) is 0 Å². The third-order valence-corrected chi connectivity index (χ3v) is 4.96. The van der Waals surface area contributed by atoms with E-state index < -0.39 is 0 Å². The predicted molar refractivity (Wildman–Crippen MR) is 111 cm³/mol. The molecule has 3 rings (SSSR count).